The molecule has 0 heterocycles. The zero-order chi connectivity index (χ0) is 20.8. The quantitative estimate of drug-likeness (QED) is 0.571. The molecule has 0 atom stereocenters. The van der Waals surface area contributed by atoms with E-state index in [1.807, 2.05) is 13.0 Å². The maximum absolute atomic E-state index is 13.0. The molecule has 3 aromatic carbocycles. The van der Waals surface area contributed by atoms with Crippen LogP contribution in [0.15, 0.2) is 60.7 Å². The molecule has 4 nitrogen and oxygen atoms in total. The Hall–Kier alpha value is -3.05. The molecule has 0 fully saturated rings. The SMILES string of the molecule is COc1ccc(C(=O)NCc2ccc(F)cc2)cc1COc1ccc(Cl)c(C)c1. The lowest BCUT2D eigenvalue weighted by molar-refractivity contribution is 0.0950. The van der Waals surface area contributed by atoms with Crippen LogP contribution < -0.4 is 14.8 Å². The molecule has 0 bridgehead atoms. The molecule has 0 spiro atoms. The highest BCUT2D eigenvalue weighted by atomic mass is 35.5. The maximum atomic E-state index is 13.0. The smallest absolute Gasteiger partial charge is 0.251 e. The predicted octanol–water partition coefficient (Wildman–Crippen LogP) is 5.31. The van der Waals surface area contributed by atoms with Gasteiger partial charge in [0.1, 0.15) is 23.9 Å². The molecule has 3 aromatic rings. The molecule has 0 aromatic heterocycles. The van der Waals surface area contributed by atoms with E-state index in [1.54, 1.807) is 49.6 Å². The number of hydrogen-bond donors (Lipinski definition) is 1. The summed E-state index contributed by atoms with van der Waals surface area (Å²) in [5.74, 6) is 0.766. The lowest BCUT2D eigenvalue weighted by atomic mass is 10.1. The van der Waals surface area contributed by atoms with Gasteiger partial charge in [0.15, 0.2) is 0 Å². The van der Waals surface area contributed by atoms with Gasteiger partial charge in [-0.15, -0.1) is 0 Å². The highest BCUT2D eigenvalue weighted by molar-refractivity contribution is 6.31. The van der Waals surface area contributed by atoms with Gasteiger partial charge in [-0.3, -0.25) is 4.79 Å². The van der Waals surface area contributed by atoms with Crippen LogP contribution in [0.4, 0.5) is 4.39 Å². The molecule has 0 unspecified atom stereocenters. The Morgan fingerprint density at radius 3 is 2.52 bits per heavy atom. The van der Waals surface area contributed by atoms with Crippen LogP contribution in [0.25, 0.3) is 0 Å². The number of aryl methyl sites for hydroxylation is 1. The van der Waals surface area contributed by atoms with E-state index in [1.165, 1.54) is 12.1 Å². The summed E-state index contributed by atoms with van der Waals surface area (Å²) < 4.78 is 24.2. The third-order valence-corrected chi connectivity index (χ3v) is 4.86. The van der Waals surface area contributed by atoms with Crippen molar-refractivity contribution < 1.29 is 18.7 Å². The van der Waals surface area contributed by atoms with E-state index >= 15 is 0 Å². The van der Waals surface area contributed by atoms with E-state index in [0.717, 1.165) is 16.7 Å². The van der Waals surface area contributed by atoms with Gasteiger partial charge >= 0.3 is 0 Å². The molecule has 6 heteroatoms. The average molecular weight is 414 g/mol. The van der Waals surface area contributed by atoms with Gasteiger partial charge in [0, 0.05) is 22.7 Å². The number of carbonyl (C=O) groups is 1. The number of carbonyl (C=O) groups excluding carboxylic acids is 1. The van der Waals surface area contributed by atoms with Crippen molar-refractivity contribution in [3.8, 4) is 11.5 Å². The number of amides is 1. The van der Waals surface area contributed by atoms with Crippen LogP contribution in [0.3, 0.4) is 0 Å². The number of benzene rings is 3. The highest BCUT2D eigenvalue weighted by Crippen LogP contribution is 2.25. The van der Waals surface area contributed by atoms with E-state index in [4.69, 9.17) is 21.1 Å². The molecule has 0 aliphatic carbocycles. The summed E-state index contributed by atoms with van der Waals surface area (Å²) in [4.78, 5) is 12.5. The molecule has 29 heavy (non-hydrogen) atoms. The largest absolute Gasteiger partial charge is 0.496 e. The fraction of sp³-hybridized carbons (Fsp3) is 0.174. The first-order valence-corrected chi connectivity index (χ1v) is 9.42. The van der Waals surface area contributed by atoms with Gasteiger partial charge in [-0.25, -0.2) is 4.39 Å². The minimum Gasteiger partial charge on any atom is -0.496 e. The van der Waals surface area contributed by atoms with Gasteiger partial charge in [-0.05, 0) is 66.6 Å². The lowest BCUT2D eigenvalue weighted by Crippen LogP contribution is -2.23. The van der Waals surface area contributed by atoms with Crippen molar-refractivity contribution in [2.75, 3.05) is 7.11 Å². The standard InChI is InChI=1S/C23H21ClFNO3/c1-15-11-20(8-9-21(15)24)29-14-18-12-17(5-10-22(18)28-2)23(27)26-13-16-3-6-19(25)7-4-16/h3-12H,13-14H2,1-2H3,(H,26,27). The minimum absolute atomic E-state index is 0.236. The molecular formula is C23H21ClFNO3. The number of hydrogen-bond acceptors (Lipinski definition) is 3. The van der Waals surface area contributed by atoms with E-state index < -0.39 is 0 Å². The summed E-state index contributed by atoms with van der Waals surface area (Å²) in [6.07, 6.45) is 0. The molecule has 3 rings (SSSR count). The Bertz CT molecular complexity index is 1010. The van der Waals surface area contributed by atoms with E-state index in [0.29, 0.717) is 28.6 Å². The van der Waals surface area contributed by atoms with Crippen molar-refractivity contribution in [3.05, 3.63) is 93.8 Å². The van der Waals surface area contributed by atoms with Crippen LogP contribution >= 0.6 is 11.6 Å². The zero-order valence-electron chi connectivity index (χ0n) is 16.2. The first-order chi connectivity index (χ1) is 14.0. The Morgan fingerprint density at radius 2 is 1.83 bits per heavy atom. The topological polar surface area (TPSA) is 47.6 Å². The van der Waals surface area contributed by atoms with Gasteiger partial charge in [-0.2, -0.15) is 0 Å². The van der Waals surface area contributed by atoms with E-state index in [2.05, 4.69) is 5.32 Å². The summed E-state index contributed by atoms with van der Waals surface area (Å²) in [6, 6.07) is 16.6. The van der Waals surface area contributed by atoms with Crippen LogP contribution in [-0.4, -0.2) is 13.0 Å². The van der Waals surface area contributed by atoms with Crippen molar-refractivity contribution in [1.82, 2.24) is 5.32 Å². The monoisotopic (exact) mass is 413 g/mol. The summed E-state index contributed by atoms with van der Waals surface area (Å²) in [6.45, 7) is 2.45. The number of ether oxygens (including phenoxy) is 2. The Labute approximate surface area is 174 Å². The normalized spacial score (nSPS) is 10.5. The van der Waals surface area contributed by atoms with Crippen LogP contribution in [0.5, 0.6) is 11.5 Å². The molecule has 1 amide bonds. The molecular weight excluding hydrogens is 393 g/mol. The highest BCUT2D eigenvalue weighted by Gasteiger charge is 2.11. The van der Waals surface area contributed by atoms with Crippen LogP contribution in [0.2, 0.25) is 5.02 Å². The van der Waals surface area contributed by atoms with Crippen molar-refractivity contribution in [2.24, 2.45) is 0 Å². The fourth-order valence-corrected chi connectivity index (χ4v) is 2.90. The van der Waals surface area contributed by atoms with Gasteiger partial charge in [0.2, 0.25) is 0 Å². The Balaban J connectivity index is 1.69. The lowest BCUT2D eigenvalue weighted by Gasteiger charge is -2.13. The Morgan fingerprint density at radius 1 is 1.07 bits per heavy atom. The van der Waals surface area contributed by atoms with Crippen LogP contribution in [0.1, 0.15) is 27.0 Å². The first-order valence-electron chi connectivity index (χ1n) is 9.05. The minimum atomic E-state index is -0.309. The van der Waals surface area contributed by atoms with Crippen molar-refractivity contribution in [3.63, 3.8) is 0 Å². The molecule has 0 saturated carbocycles. The number of methoxy groups -OCH3 is 1. The molecule has 1 N–H and O–H groups in total. The van der Waals surface area contributed by atoms with Gasteiger partial charge in [0.25, 0.3) is 5.91 Å². The maximum Gasteiger partial charge on any atom is 0.251 e. The fourth-order valence-electron chi connectivity index (χ4n) is 2.79. The second-order valence-corrected chi connectivity index (χ2v) is 6.94. The second kappa shape index (κ2) is 9.43. The summed E-state index contributed by atoms with van der Waals surface area (Å²) >= 11 is 6.04. The Kier molecular flexibility index (Phi) is 6.73. The predicted molar refractivity (Wildman–Crippen MR) is 111 cm³/mol. The van der Waals surface area contributed by atoms with Gasteiger partial charge in [0.05, 0.1) is 7.11 Å². The molecule has 0 radical (unpaired) electrons. The van der Waals surface area contributed by atoms with E-state index in [9.17, 15) is 9.18 Å². The summed E-state index contributed by atoms with van der Waals surface area (Å²) in [5.41, 5.74) is 2.97. The third-order valence-electron chi connectivity index (χ3n) is 4.43. The van der Waals surface area contributed by atoms with Gasteiger partial charge < -0.3 is 14.8 Å². The first kappa shape index (κ1) is 20.7. The number of rotatable bonds is 7. The third kappa shape index (κ3) is 5.48. The molecule has 0 saturated heterocycles. The van der Waals surface area contributed by atoms with E-state index in [-0.39, 0.29) is 18.3 Å². The molecule has 150 valence electrons. The molecule has 0 aliphatic heterocycles. The van der Waals surface area contributed by atoms with Crippen molar-refractivity contribution in [1.29, 1.82) is 0 Å². The molecule has 0 aliphatic rings. The van der Waals surface area contributed by atoms with Crippen molar-refractivity contribution >= 4 is 17.5 Å². The zero-order valence-corrected chi connectivity index (χ0v) is 16.9. The average Bonchev–Trinajstić information content (AvgIpc) is 2.73. The second-order valence-electron chi connectivity index (χ2n) is 6.54. The van der Waals surface area contributed by atoms with Gasteiger partial charge in [-0.1, -0.05) is 23.7 Å². The summed E-state index contributed by atoms with van der Waals surface area (Å²) in [5, 5.41) is 3.50. The van der Waals surface area contributed by atoms with Crippen molar-refractivity contribution in [2.45, 2.75) is 20.1 Å². The number of halogens is 2. The van der Waals surface area contributed by atoms with Crippen LogP contribution in [-0.2, 0) is 13.2 Å². The summed E-state index contributed by atoms with van der Waals surface area (Å²) in [7, 11) is 1.57. The number of nitrogens with one attached hydrogen (secondary N) is 1. The van der Waals surface area contributed by atoms with Crippen LogP contribution in [0, 0.1) is 12.7 Å².